The number of carboxylic acids is 1. The smallest absolute Gasteiger partial charge is 0.325 e. The molecular formula is C13H13N3O3S2. The number of nitrogens with one attached hydrogen (secondary N) is 1. The fraction of sp³-hybridized carbons (Fsp3) is 0.308. The van der Waals surface area contributed by atoms with E-state index in [-0.39, 0.29) is 17.7 Å². The molecule has 1 atom stereocenters. The van der Waals surface area contributed by atoms with Crippen molar-refractivity contribution in [2.45, 2.75) is 18.2 Å². The van der Waals surface area contributed by atoms with Gasteiger partial charge in [-0.05, 0) is 29.2 Å². The summed E-state index contributed by atoms with van der Waals surface area (Å²) in [5.41, 5.74) is 1.08. The summed E-state index contributed by atoms with van der Waals surface area (Å²) in [5.74, 6) is 0.227. The number of carboxylic acid groups (broad SMARTS) is 1. The van der Waals surface area contributed by atoms with E-state index < -0.39 is 5.97 Å². The number of rotatable bonds is 4. The van der Waals surface area contributed by atoms with Gasteiger partial charge in [-0.2, -0.15) is 5.10 Å². The third-order valence-corrected chi connectivity index (χ3v) is 5.34. The topological polar surface area (TPSA) is 84.2 Å². The van der Waals surface area contributed by atoms with Crippen molar-refractivity contribution in [3.63, 3.8) is 0 Å². The lowest BCUT2D eigenvalue weighted by Crippen LogP contribution is -2.22. The average Bonchev–Trinajstić information content (AvgIpc) is 3.06. The zero-order valence-electron chi connectivity index (χ0n) is 11.0. The lowest BCUT2D eigenvalue weighted by Gasteiger charge is -2.20. The molecule has 0 aliphatic carbocycles. The second-order valence-corrected chi connectivity index (χ2v) is 6.80. The van der Waals surface area contributed by atoms with Crippen molar-refractivity contribution < 1.29 is 14.7 Å². The number of thiophene rings is 1. The standard InChI is InChI=1S/C13H13N3O3S2/c17-11(18)7-16-4-1-10(15-16)14-13(19)12-8-2-5-20-9(8)3-6-21-12/h1-2,4-5,12H,3,6-7H2,(H,17,18)(H,14,15,19)/t12-/m1/s1. The zero-order chi connectivity index (χ0) is 14.8. The Morgan fingerprint density at radius 2 is 2.33 bits per heavy atom. The Kier molecular flexibility index (Phi) is 3.98. The van der Waals surface area contributed by atoms with Gasteiger partial charge in [-0.15, -0.1) is 23.1 Å². The van der Waals surface area contributed by atoms with Gasteiger partial charge in [0, 0.05) is 17.1 Å². The largest absolute Gasteiger partial charge is 0.480 e. The molecule has 3 heterocycles. The normalized spacial score (nSPS) is 17.2. The Bertz CT molecular complexity index is 680. The van der Waals surface area contributed by atoms with E-state index in [1.807, 2.05) is 11.4 Å². The number of hydrogen-bond donors (Lipinski definition) is 2. The maximum atomic E-state index is 12.4. The number of anilines is 1. The van der Waals surface area contributed by atoms with Gasteiger partial charge in [0.2, 0.25) is 5.91 Å². The molecule has 0 saturated heterocycles. The van der Waals surface area contributed by atoms with Gasteiger partial charge in [-0.3, -0.25) is 14.3 Å². The third kappa shape index (κ3) is 3.11. The highest BCUT2D eigenvalue weighted by molar-refractivity contribution is 8.00. The Morgan fingerprint density at radius 1 is 1.48 bits per heavy atom. The molecular weight excluding hydrogens is 310 g/mol. The minimum Gasteiger partial charge on any atom is -0.480 e. The van der Waals surface area contributed by atoms with Crippen molar-refractivity contribution in [2.24, 2.45) is 0 Å². The molecule has 110 valence electrons. The first-order valence-electron chi connectivity index (χ1n) is 6.37. The summed E-state index contributed by atoms with van der Waals surface area (Å²) in [5, 5.41) is 17.3. The molecule has 0 fully saturated rings. The molecule has 3 rings (SSSR count). The van der Waals surface area contributed by atoms with Crippen LogP contribution in [-0.4, -0.2) is 32.5 Å². The van der Waals surface area contributed by atoms with Gasteiger partial charge in [0.15, 0.2) is 5.82 Å². The van der Waals surface area contributed by atoms with Crippen molar-refractivity contribution in [1.82, 2.24) is 9.78 Å². The molecule has 0 bridgehead atoms. The first kappa shape index (κ1) is 14.2. The number of thioether (sulfide) groups is 1. The lowest BCUT2D eigenvalue weighted by atomic mass is 10.1. The molecule has 0 saturated carbocycles. The molecule has 0 spiro atoms. The van der Waals surface area contributed by atoms with Crippen molar-refractivity contribution in [3.8, 4) is 0 Å². The van der Waals surface area contributed by atoms with E-state index in [9.17, 15) is 9.59 Å². The van der Waals surface area contributed by atoms with Crippen LogP contribution < -0.4 is 5.32 Å². The summed E-state index contributed by atoms with van der Waals surface area (Å²) in [6.07, 6.45) is 2.54. The summed E-state index contributed by atoms with van der Waals surface area (Å²) in [6.45, 7) is -0.220. The molecule has 21 heavy (non-hydrogen) atoms. The Morgan fingerprint density at radius 3 is 3.14 bits per heavy atom. The number of fused-ring (bicyclic) bond motifs is 1. The van der Waals surface area contributed by atoms with Crippen LogP contribution in [-0.2, 0) is 22.6 Å². The molecule has 2 aromatic heterocycles. The molecule has 0 unspecified atom stereocenters. The fourth-order valence-electron chi connectivity index (χ4n) is 2.21. The number of amides is 1. The molecule has 6 nitrogen and oxygen atoms in total. The minimum atomic E-state index is -0.971. The summed E-state index contributed by atoms with van der Waals surface area (Å²) in [6, 6.07) is 3.60. The first-order chi connectivity index (χ1) is 10.1. The molecule has 8 heteroatoms. The van der Waals surface area contributed by atoms with Crippen LogP contribution in [0.25, 0.3) is 0 Å². The number of carbonyl (C=O) groups is 2. The van der Waals surface area contributed by atoms with Gasteiger partial charge in [0.25, 0.3) is 0 Å². The summed E-state index contributed by atoms with van der Waals surface area (Å²) in [4.78, 5) is 24.2. The molecule has 1 aliphatic heterocycles. The Balaban J connectivity index is 1.70. The highest BCUT2D eigenvalue weighted by Crippen LogP contribution is 2.39. The quantitative estimate of drug-likeness (QED) is 0.899. The monoisotopic (exact) mass is 323 g/mol. The lowest BCUT2D eigenvalue weighted by molar-refractivity contribution is -0.137. The fourth-order valence-corrected chi connectivity index (χ4v) is 4.50. The predicted molar refractivity (Wildman–Crippen MR) is 81.7 cm³/mol. The number of carbonyl (C=O) groups excluding carboxylic acids is 1. The van der Waals surface area contributed by atoms with Gasteiger partial charge >= 0.3 is 5.97 Å². The van der Waals surface area contributed by atoms with E-state index in [0.717, 1.165) is 17.7 Å². The van der Waals surface area contributed by atoms with E-state index >= 15 is 0 Å². The maximum absolute atomic E-state index is 12.4. The van der Waals surface area contributed by atoms with Crippen LogP contribution in [0.15, 0.2) is 23.7 Å². The van der Waals surface area contributed by atoms with Gasteiger partial charge in [0.1, 0.15) is 11.8 Å². The van der Waals surface area contributed by atoms with Crippen LogP contribution in [0.2, 0.25) is 0 Å². The number of aryl methyl sites for hydroxylation is 1. The van der Waals surface area contributed by atoms with Crippen molar-refractivity contribution in [3.05, 3.63) is 34.2 Å². The highest BCUT2D eigenvalue weighted by atomic mass is 32.2. The minimum absolute atomic E-state index is 0.111. The van der Waals surface area contributed by atoms with E-state index in [0.29, 0.717) is 5.82 Å². The van der Waals surface area contributed by atoms with Crippen LogP contribution in [0.4, 0.5) is 5.82 Å². The van der Waals surface area contributed by atoms with Crippen LogP contribution >= 0.6 is 23.1 Å². The molecule has 0 radical (unpaired) electrons. The molecule has 2 aromatic rings. The number of hydrogen-bond acceptors (Lipinski definition) is 5. The molecule has 1 aliphatic rings. The first-order valence-corrected chi connectivity index (χ1v) is 8.30. The number of nitrogens with zero attached hydrogens (tertiary/aromatic N) is 2. The second kappa shape index (κ2) is 5.90. The summed E-state index contributed by atoms with van der Waals surface area (Å²) in [7, 11) is 0. The molecule has 2 N–H and O–H groups in total. The van der Waals surface area contributed by atoms with Gasteiger partial charge in [0.05, 0.1) is 0 Å². The summed E-state index contributed by atoms with van der Waals surface area (Å²) < 4.78 is 1.28. The SMILES string of the molecule is O=C(O)Cn1ccc(NC(=O)[C@@H]2SCCc3sccc32)n1. The van der Waals surface area contributed by atoms with Crippen molar-refractivity contribution in [1.29, 1.82) is 0 Å². The maximum Gasteiger partial charge on any atom is 0.325 e. The molecule has 1 amide bonds. The number of aromatic nitrogens is 2. The Labute approximate surface area is 129 Å². The zero-order valence-corrected chi connectivity index (χ0v) is 12.6. The predicted octanol–water partition coefficient (Wildman–Crippen LogP) is 2.00. The summed E-state index contributed by atoms with van der Waals surface area (Å²) >= 11 is 3.31. The molecule has 0 aromatic carbocycles. The number of aliphatic carboxylic acids is 1. The van der Waals surface area contributed by atoms with E-state index in [1.54, 1.807) is 29.2 Å². The van der Waals surface area contributed by atoms with Crippen LogP contribution in [0.5, 0.6) is 0 Å². The highest BCUT2D eigenvalue weighted by Gasteiger charge is 2.28. The average molecular weight is 323 g/mol. The Hall–Kier alpha value is -1.80. The van der Waals surface area contributed by atoms with Crippen molar-refractivity contribution in [2.75, 3.05) is 11.1 Å². The van der Waals surface area contributed by atoms with Gasteiger partial charge < -0.3 is 10.4 Å². The van der Waals surface area contributed by atoms with E-state index in [1.165, 1.54) is 15.8 Å². The van der Waals surface area contributed by atoms with Crippen LogP contribution in [0.3, 0.4) is 0 Å². The van der Waals surface area contributed by atoms with E-state index in [2.05, 4.69) is 10.4 Å². The third-order valence-electron chi connectivity index (χ3n) is 3.10. The van der Waals surface area contributed by atoms with Crippen LogP contribution in [0.1, 0.15) is 15.7 Å². The second-order valence-electron chi connectivity index (χ2n) is 4.58. The van der Waals surface area contributed by atoms with E-state index in [4.69, 9.17) is 5.11 Å². The van der Waals surface area contributed by atoms with Crippen molar-refractivity contribution >= 4 is 40.8 Å². The van der Waals surface area contributed by atoms with Crippen LogP contribution in [0, 0.1) is 0 Å². The van der Waals surface area contributed by atoms with Gasteiger partial charge in [-0.25, -0.2) is 0 Å². The van der Waals surface area contributed by atoms with Gasteiger partial charge in [-0.1, -0.05) is 0 Å².